The zero-order chi connectivity index (χ0) is 15.8. The zero-order valence-corrected chi connectivity index (χ0v) is 12.0. The van der Waals surface area contributed by atoms with Gasteiger partial charge in [0.05, 0.1) is 10.8 Å². The summed E-state index contributed by atoms with van der Waals surface area (Å²) < 4.78 is 9.87. The SMILES string of the molecule is O=c1oc2c(O)c(O)cc3c(=O)oc4c(O)c(O)cc1c4c23.[Co]. The van der Waals surface area contributed by atoms with Crippen molar-refractivity contribution in [1.29, 1.82) is 0 Å². The molecule has 9 heteroatoms. The van der Waals surface area contributed by atoms with E-state index in [1.165, 1.54) is 0 Å². The molecule has 0 bridgehead atoms. The summed E-state index contributed by atoms with van der Waals surface area (Å²) in [4.78, 5) is 24.0. The van der Waals surface area contributed by atoms with Gasteiger partial charge in [-0.3, -0.25) is 0 Å². The first-order valence-corrected chi connectivity index (χ1v) is 6.02. The number of hydrogen-bond acceptors (Lipinski definition) is 8. The zero-order valence-electron chi connectivity index (χ0n) is 10.9. The van der Waals surface area contributed by atoms with E-state index >= 15 is 0 Å². The summed E-state index contributed by atoms with van der Waals surface area (Å²) in [5, 5.41) is 38.7. The van der Waals surface area contributed by atoms with Crippen LogP contribution in [0.2, 0.25) is 0 Å². The molecule has 4 N–H and O–H groups in total. The Morgan fingerprint density at radius 3 is 1.39 bits per heavy atom. The van der Waals surface area contributed by atoms with E-state index in [1.54, 1.807) is 0 Å². The van der Waals surface area contributed by atoms with Crippen LogP contribution in [0, 0.1) is 0 Å². The van der Waals surface area contributed by atoms with Crippen molar-refractivity contribution in [3.05, 3.63) is 33.0 Å². The molecule has 0 aliphatic carbocycles. The van der Waals surface area contributed by atoms with Crippen LogP contribution in [-0.2, 0) is 16.8 Å². The molecule has 23 heavy (non-hydrogen) atoms. The average molecular weight is 361 g/mol. The van der Waals surface area contributed by atoms with Crippen LogP contribution < -0.4 is 11.3 Å². The Bertz CT molecular complexity index is 1110. The second-order valence-electron chi connectivity index (χ2n) is 4.77. The summed E-state index contributed by atoms with van der Waals surface area (Å²) in [6, 6.07) is 1.93. The Morgan fingerprint density at radius 1 is 0.696 bits per heavy atom. The molecule has 0 amide bonds. The summed E-state index contributed by atoms with van der Waals surface area (Å²) in [7, 11) is 0. The van der Waals surface area contributed by atoms with Gasteiger partial charge >= 0.3 is 11.3 Å². The second-order valence-corrected chi connectivity index (χ2v) is 4.77. The summed E-state index contributed by atoms with van der Waals surface area (Å²) in [6.45, 7) is 0. The smallest absolute Gasteiger partial charge is 0.344 e. The van der Waals surface area contributed by atoms with Gasteiger partial charge in [0, 0.05) is 27.6 Å². The Hall–Kier alpha value is -2.91. The molecule has 2 heterocycles. The van der Waals surface area contributed by atoms with Crippen LogP contribution in [0.15, 0.2) is 30.6 Å². The molecule has 4 aromatic rings. The predicted molar refractivity (Wildman–Crippen MR) is 73.9 cm³/mol. The molecule has 4 rings (SSSR count). The number of hydrogen-bond donors (Lipinski definition) is 4. The largest absolute Gasteiger partial charge is 0.504 e. The van der Waals surface area contributed by atoms with Crippen LogP contribution in [0.1, 0.15) is 0 Å². The molecule has 8 nitrogen and oxygen atoms in total. The molecule has 2 aromatic heterocycles. The molecule has 0 aliphatic rings. The first-order chi connectivity index (χ1) is 10.4. The van der Waals surface area contributed by atoms with Crippen molar-refractivity contribution in [1.82, 2.24) is 0 Å². The standard InChI is InChI=1S/C14H6O8.Co/c15-5-1-3-7-8-4(14(20)22-11(7)9(5)17)2-6(16)10(18)12(8)21-13(3)19;/h1-2,15-18H;. The third-order valence-corrected chi connectivity index (χ3v) is 3.55. The molecule has 0 atom stereocenters. The van der Waals surface area contributed by atoms with Gasteiger partial charge in [0.2, 0.25) is 11.5 Å². The molecule has 0 saturated heterocycles. The first kappa shape index (κ1) is 15.0. The Morgan fingerprint density at radius 2 is 1.04 bits per heavy atom. The summed E-state index contributed by atoms with van der Waals surface area (Å²) >= 11 is 0. The average Bonchev–Trinajstić information content (AvgIpc) is 2.47. The Kier molecular flexibility index (Phi) is 2.96. The summed E-state index contributed by atoms with van der Waals surface area (Å²) in [5.41, 5.74) is -2.70. The van der Waals surface area contributed by atoms with Crippen molar-refractivity contribution < 1.29 is 46.0 Å². The topological polar surface area (TPSA) is 141 Å². The third-order valence-electron chi connectivity index (χ3n) is 3.55. The molecular formula is C14H6CoO8. The van der Waals surface area contributed by atoms with Crippen LogP contribution in [-0.4, -0.2) is 20.4 Å². The number of phenolic OH excluding ortho intramolecular Hbond substituents is 4. The van der Waals surface area contributed by atoms with Crippen LogP contribution in [0.4, 0.5) is 0 Å². The van der Waals surface area contributed by atoms with E-state index in [1.807, 2.05) is 0 Å². The number of rotatable bonds is 0. The van der Waals surface area contributed by atoms with Crippen LogP contribution >= 0.6 is 0 Å². The molecule has 0 unspecified atom stereocenters. The fourth-order valence-electron chi connectivity index (χ4n) is 2.58. The fourth-order valence-corrected chi connectivity index (χ4v) is 2.58. The molecule has 1 radical (unpaired) electrons. The van der Waals surface area contributed by atoms with Crippen LogP contribution in [0.3, 0.4) is 0 Å². The van der Waals surface area contributed by atoms with Gasteiger partial charge in [-0.2, -0.15) is 0 Å². The molecule has 0 spiro atoms. The van der Waals surface area contributed by atoms with Gasteiger partial charge in [-0.25, -0.2) is 9.59 Å². The van der Waals surface area contributed by atoms with Crippen molar-refractivity contribution in [2.45, 2.75) is 0 Å². The Balaban J connectivity index is 0.00000156. The number of phenols is 4. The van der Waals surface area contributed by atoms with Gasteiger partial charge in [-0.05, 0) is 12.1 Å². The molecular weight excluding hydrogens is 355 g/mol. The summed E-state index contributed by atoms with van der Waals surface area (Å²) in [5.74, 6) is -2.75. The maximum atomic E-state index is 12.0. The second kappa shape index (κ2) is 4.54. The van der Waals surface area contributed by atoms with E-state index in [0.717, 1.165) is 12.1 Å². The maximum Gasteiger partial charge on any atom is 0.344 e. The number of aromatic hydroxyl groups is 4. The van der Waals surface area contributed by atoms with Gasteiger partial charge in [0.25, 0.3) is 0 Å². The minimum Gasteiger partial charge on any atom is -0.504 e. The van der Waals surface area contributed by atoms with Crippen molar-refractivity contribution in [2.24, 2.45) is 0 Å². The van der Waals surface area contributed by atoms with E-state index < -0.39 is 45.4 Å². The fraction of sp³-hybridized carbons (Fsp3) is 0. The van der Waals surface area contributed by atoms with Crippen LogP contribution in [0.25, 0.3) is 32.7 Å². The van der Waals surface area contributed by atoms with E-state index in [9.17, 15) is 30.0 Å². The van der Waals surface area contributed by atoms with E-state index in [0.29, 0.717) is 0 Å². The van der Waals surface area contributed by atoms with Gasteiger partial charge in [-0.15, -0.1) is 0 Å². The van der Waals surface area contributed by atoms with Crippen LogP contribution in [0.5, 0.6) is 23.0 Å². The van der Waals surface area contributed by atoms with Crippen molar-refractivity contribution in [3.63, 3.8) is 0 Å². The summed E-state index contributed by atoms with van der Waals surface area (Å²) in [6.07, 6.45) is 0. The third kappa shape index (κ3) is 1.71. The minimum atomic E-state index is -0.941. The van der Waals surface area contributed by atoms with Crippen molar-refractivity contribution in [2.75, 3.05) is 0 Å². The molecule has 0 fully saturated rings. The van der Waals surface area contributed by atoms with E-state index in [2.05, 4.69) is 0 Å². The Labute approximate surface area is 135 Å². The van der Waals surface area contributed by atoms with Gasteiger partial charge in [0.1, 0.15) is 0 Å². The molecule has 2 aromatic carbocycles. The molecule has 0 saturated carbocycles. The quantitative estimate of drug-likeness (QED) is 0.209. The minimum absolute atomic E-state index is 0. The van der Waals surface area contributed by atoms with Gasteiger partial charge in [-0.1, -0.05) is 0 Å². The normalized spacial score (nSPS) is 11.3. The first-order valence-electron chi connectivity index (χ1n) is 6.02. The number of benzene rings is 2. The van der Waals surface area contributed by atoms with Gasteiger partial charge in [0.15, 0.2) is 22.7 Å². The van der Waals surface area contributed by atoms with E-state index in [4.69, 9.17) is 8.83 Å². The molecule has 0 aliphatic heterocycles. The maximum absolute atomic E-state index is 12.0. The molecule has 119 valence electrons. The van der Waals surface area contributed by atoms with E-state index in [-0.39, 0.29) is 38.3 Å². The van der Waals surface area contributed by atoms with Gasteiger partial charge < -0.3 is 29.3 Å². The predicted octanol–water partition coefficient (Wildman–Crippen LogP) is 1.31. The van der Waals surface area contributed by atoms with Crippen molar-refractivity contribution >= 4 is 32.7 Å². The monoisotopic (exact) mass is 361 g/mol. The van der Waals surface area contributed by atoms with Crippen molar-refractivity contribution in [3.8, 4) is 23.0 Å².